The number of piperidine rings is 1. The quantitative estimate of drug-likeness (QED) is 0.596. The Bertz CT molecular complexity index is 165. The first kappa shape index (κ1) is 8.53. The molecule has 1 unspecified atom stereocenters. The number of rotatable bonds is 1. The van der Waals surface area contributed by atoms with Crippen LogP contribution in [0.5, 0.6) is 0 Å². The van der Waals surface area contributed by atoms with Crippen LogP contribution < -0.4 is 5.32 Å². The average molecular weight is 157 g/mol. The van der Waals surface area contributed by atoms with Crippen molar-refractivity contribution in [3.63, 3.8) is 0 Å². The largest absolute Gasteiger partial charge is 0.480 e. The molecule has 0 spiro atoms. The third-order valence-corrected chi connectivity index (χ3v) is 2.16. The Balaban J connectivity index is 2.53. The lowest BCUT2D eigenvalue weighted by Crippen LogP contribution is -2.52. The molecule has 1 aliphatic rings. The summed E-state index contributed by atoms with van der Waals surface area (Å²) in [4.78, 5) is 10.6. The lowest BCUT2D eigenvalue weighted by molar-refractivity contribution is -0.140. The SMILES string of the molecule is CC1(C)CCCC(C(=O)O)N1. The topological polar surface area (TPSA) is 49.3 Å². The Labute approximate surface area is 66.8 Å². The molecule has 1 heterocycles. The van der Waals surface area contributed by atoms with Crippen LogP contribution in [0.2, 0.25) is 0 Å². The van der Waals surface area contributed by atoms with Crippen molar-refractivity contribution in [1.82, 2.24) is 5.32 Å². The van der Waals surface area contributed by atoms with Gasteiger partial charge in [-0.15, -0.1) is 0 Å². The molecule has 0 amide bonds. The Morgan fingerprint density at radius 3 is 2.64 bits per heavy atom. The second-order valence-corrected chi connectivity index (χ2v) is 3.81. The fourth-order valence-corrected chi connectivity index (χ4v) is 1.55. The highest BCUT2D eigenvalue weighted by Gasteiger charge is 2.30. The van der Waals surface area contributed by atoms with Gasteiger partial charge in [-0.2, -0.15) is 0 Å². The van der Waals surface area contributed by atoms with E-state index >= 15 is 0 Å². The number of carbonyl (C=O) groups is 1. The zero-order chi connectivity index (χ0) is 8.48. The summed E-state index contributed by atoms with van der Waals surface area (Å²) in [5, 5.41) is 11.8. The maximum Gasteiger partial charge on any atom is 0.320 e. The van der Waals surface area contributed by atoms with Gasteiger partial charge in [0.15, 0.2) is 0 Å². The van der Waals surface area contributed by atoms with Crippen molar-refractivity contribution in [2.45, 2.75) is 44.7 Å². The molecule has 64 valence electrons. The Morgan fingerprint density at radius 2 is 2.27 bits per heavy atom. The molecular weight excluding hydrogens is 142 g/mol. The zero-order valence-electron chi connectivity index (χ0n) is 7.05. The maximum atomic E-state index is 10.6. The number of carboxylic acids is 1. The minimum Gasteiger partial charge on any atom is -0.480 e. The van der Waals surface area contributed by atoms with Crippen LogP contribution in [0.3, 0.4) is 0 Å². The monoisotopic (exact) mass is 157 g/mol. The minimum atomic E-state index is -0.724. The lowest BCUT2D eigenvalue weighted by atomic mass is 9.89. The summed E-state index contributed by atoms with van der Waals surface area (Å²) in [6, 6.07) is -0.334. The molecule has 1 saturated heterocycles. The van der Waals surface area contributed by atoms with E-state index in [-0.39, 0.29) is 11.6 Å². The van der Waals surface area contributed by atoms with E-state index in [1.165, 1.54) is 0 Å². The standard InChI is InChI=1S/C8H15NO2/c1-8(2)5-3-4-6(9-8)7(10)11/h6,9H,3-5H2,1-2H3,(H,10,11). The molecule has 3 heteroatoms. The van der Waals surface area contributed by atoms with Gasteiger partial charge in [0.05, 0.1) is 0 Å². The van der Waals surface area contributed by atoms with Gasteiger partial charge in [-0.05, 0) is 33.1 Å². The van der Waals surface area contributed by atoms with E-state index in [4.69, 9.17) is 5.11 Å². The Hall–Kier alpha value is -0.570. The molecule has 0 aromatic rings. The van der Waals surface area contributed by atoms with Crippen LogP contribution in [-0.2, 0) is 4.79 Å². The van der Waals surface area contributed by atoms with Gasteiger partial charge in [-0.1, -0.05) is 0 Å². The van der Waals surface area contributed by atoms with Crippen LogP contribution in [0, 0.1) is 0 Å². The van der Waals surface area contributed by atoms with E-state index in [1.807, 2.05) is 13.8 Å². The van der Waals surface area contributed by atoms with Gasteiger partial charge in [0.25, 0.3) is 0 Å². The van der Waals surface area contributed by atoms with Crippen LogP contribution >= 0.6 is 0 Å². The third-order valence-electron chi connectivity index (χ3n) is 2.16. The van der Waals surface area contributed by atoms with Gasteiger partial charge in [0.2, 0.25) is 0 Å². The minimum absolute atomic E-state index is 0.00130. The normalized spacial score (nSPS) is 29.8. The summed E-state index contributed by atoms with van der Waals surface area (Å²) in [6.45, 7) is 4.09. The molecule has 0 aromatic carbocycles. The van der Waals surface area contributed by atoms with Crippen LogP contribution in [0.15, 0.2) is 0 Å². The number of hydrogen-bond acceptors (Lipinski definition) is 2. The van der Waals surface area contributed by atoms with Crippen LogP contribution in [0.1, 0.15) is 33.1 Å². The van der Waals surface area contributed by atoms with Crippen molar-refractivity contribution in [2.75, 3.05) is 0 Å². The van der Waals surface area contributed by atoms with Crippen LogP contribution in [0.25, 0.3) is 0 Å². The molecule has 3 nitrogen and oxygen atoms in total. The average Bonchev–Trinajstić information content (AvgIpc) is 1.85. The van der Waals surface area contributed by atoms with Crippen molar-refractivity contribution in [3.05, 3.63) is 0 Å². The first-order valence-electron chi connectivity index (χ1n) is 4.02. The molecule has 0 aliphatic carbocycles. The molecule has 2 N–H and O–H groups in total. The molecule has 1 fully saturated rings. The first-order valence-corrected chi connectivity index (χ1v) is 4.02. The Morgan fingerprint density at radius 1 is 1.64 bits per heavy atom. The van der Waals surface area contributed by atoms with E-state index in [0.29, 0.717) is 0 Å². The number of nitrogens with one attached hydrogen (secondary N) is 1. The second-order valence-electron chi connectivity index (χ2n) is 3.81. The zero-order valence-corrected chi connectivity index (χ0v) is 7.05. The van der Waals surface area contributed by atoms with Crippen LogP contribution in [-0.4, -0.2) is 22.7 Å². The van der Waals surface area contributed by atoms with Gasteiger partial charge in [0, 0.05) is 5.54 Å². The summed E-state index contributed by atoms with van der Waals surface area (Å²) in [5.41, 5.74) is 0.00130. The van der Waals surface area contributed by atoms with Gasteiger partial charge < -0.3 is 5.11 Å². The predicted molar refractivity (Wildman–Crippen MR) is 42.5 cm³/mol. The van der Waals surface area contributed by atoms with Crippen molar-refractivity contribution in [1.29, 1.82) is 0 Å². The van der Waals surface area contributed by atoms with Gasteiger partial charge in [-0.3, -0.25) is 10.1 Å². The van der Waals surface area contributed by atoms with E-state index < -0.39 is 5.97 Å². The van der Waals surface area contributed by atoms with Gasteiger partial charge in [0.1, 0.15) is 6.04 Å². The lowest BCUT2D eigenvalue weighted by Gasteiger charge is -2.34. The summed E-state index contributed by atoms with van der Waals surface area (Å²) >= 11 is 0. The van der Waals surface area contributed by atoms with Gasteiger partial charge in [-0.25, -0.2) is 0 Å². The van der Waals surface area contributed by atoms with E-state index in [1.54, 1.807) is 0 Å². The molecule has 0 bridgehead atoms. The molecule has 0 aromatic heterocycles. The van der Waals surface area contributed by atoms with E-state index in [0.717, 1.165) is 19.3 Å². The molecule has 0 saturated carbocycles. The van der Waals surface area contributed by atoms with Crippen molar-refractivity contribution in [2.24, 2.45) is 0 Å². The van der Waals surface area contributed by atoms with E-state index in [2.05, 4.69) is 5.32 Å². The van der Waals surface area contributed by atoms with Crippen LogP contribution in [0.4, 0.5) is 0 Å². The molecule has 1 atom stereocenters. The summed E-state index contributed by atoms with van der Waals surface area (Å²) in [7, 11) is 0. The highest BCUT2D eigenvalue weighted by Crippen LogP contribution is 2.21. The highest BCUT2D eigenvalue weighted by atomic mass is 16.4. The summed E-state index contributed by atoms with van der Waals surface area (Å²) in [6.07, 6.45) is 2.84. The predicted octanol–water partition coefficient (Wildman–Crippen LogP) is 0.992. The third kappa shape index (κ3) is 2.19. The second kappa shape index (κ2) is 2.81. The molecule has 11 heavy (non-hydrogen) atoms. The number of carboxylic acid groups (broad SMARTS) is 1. The molecule has 0 radical (unpaired) electrons. The number of hydrogen-bond donors (Lipinski definition) is 2. The van der Waals surface area contributed by atoms with Crippen molar-refractivity contribution < 1.29 is 9.90 Å². The van der Waals surface area contributed by atoms with Crippen molar-refractivity contribution in [3.8, 4) is 0 Å². The fourth-order valence-electron chi connectivity index (χ4n) is 1.55. The Kier molecular flexibility index (Phi) is 2.18. The first-order chi connectivity index (χ1) is 5.01. The summed E-state index contributed by atoms with van der Waals surface area (Å²) in [5.74, 6) is -0.724. The molecule has 1 rings (SSSR count). The smallest absolute Gasteiger partial charge is 0.320 e. The fraction of sp³-hybridized carbons (Fsp3) is 0.875. The van der Waals surface area contributed by atoms with Gasteiger partial charge >= 0.3 is 5.97 Å². The summed E-state index contributed by atoms with van der Waals surface area (Å²) < 4.78 is 0. The number of aliphatic carboxylic acids is 1. The molecule has 1 aliphatic heterocycles. The van der Waals surface area contributed by atoms with E-state index in [9.17, 15) is 4.79 Å². The van der Waals surface area contributed by atoms with Crippen molar-refractivity contribution >= 4 is 5.97 Å². The molecular formula is C8H15NO2. The maximum absolute atomic E-state index is 10.6. The highest BCUT2D eigenvalue weighted by molar-refractivity contribution is 5.73.